The Bertz CT molecular complexity index is 553. The fourth-order valence-corrected chi connectivity index (χ4v) is 1.84. The first kappa shape index (κ1) is 14.1. The molecule has 0 heterocycles. The Morgan fingerprint density at radius 3 is 2.50 bits per heavy atom. The molecule has 2 rings (SSSR count). The molecule has 4 heteroatoms. The molecule has 0 aliphatic heterocycles. The Morgan fingerprint density at radius 2 is 1.85 bits per heavy atom. The Labute approximate surface area is 119 Å². The summed E-state index contributed by atoms with van der Waals surface area (Å²) in [6.45, 7) is 2.82. The van der Waals surface area contributed by atoms with Crippen LogP contribution >= 0.6 is 0 Å². The topological polar surface area (TPSA) is 56.5 Å². The molecule has 0 saturated carbocycles. The van der Waals surface area contributed by atoms with Gasteiger partial charge in [0.25, 0.3) is 0 Å². The lowest BCUT2D eigenvalue weighted by Gasteiger charge is -2.12. The second-order valence-electron chi connectivity index (χ2n) is 4.42. The van der Waals surface area contributed by atoms with Crippen molar-refractivity contribution in [3.05, 3.63) is 42.5 Å². The lowest BCUT2D eigenvalue weighted by Crippen LogP contribution is -1.99. The highest BCUT2D eigenvalue weighted by atomic mass is 16.5. The van der Waals surface area contributed by atoms with Gasteiger partial charge in [0.15, 0.2) is 0 Å². The maximum Gasteiger partial charge on any atom is 0.143 e. The third kappa shape index (κ3) is 3.35. The van der Waals surface area contributed by atoms with E-state index in [1.54, 1.807) is 7.11 Å². The molecule has 0 bridgehead atoms. The van der Waals surface area contributed by atoms with Crippen molar-refractivity contribution < 1.29 is 9.47 Å². The van der Waals surface area contributed by atoms with Crippen molar-refractivity contribution in [2.45, 2.75) is 13.3 Å². The van der Waals surface area contributed by atoms with Crippen LogP contribution in [-0.2, 0) is 0 Å². The van der Waals surface area contributed by atoms with Crippen molar-refractivity contribution in [3.8, 4) is 11.5 Å². The van der Waals surface area contributed by atoms with Gasteiger partial charge < -0.3 is 20.5 Å². The Kier molecular flexibility index (Phi) is 4.71. The van der Waals surface area contributed by atoms with Crippen molar-refractivity contribution in [2.75, 3.05) is 24.8 Å². The third-order valence-corrected chi connectivity index (χ3v) is 2.89. The predicted octanol–water partition coefficient (Wildman–Crippen LogP) is 3.81. The zero-order chi connectivity index (χ0) is 14.4. The molecule has 20 heavy (non-hydrogen) atoms. The highest BCUT2D eigenvalue weighted by Gasteiger charge is 2.05. The van der Waals surface area contributed by atoms with Crippen LogP contribution in [0, 0.1) is 0 Å². The zero-order valence-electron chi connectivity index (χ0n) is 11.8. The van der Waals surface area contributed by atoms with Crippen LogP contribution in [-0.4, -0.2) is 13.7 Å². The Morgan fingerprint density at radius 1 is 1.10 bits per heavy atom. The number of methoxy groups -OCH3 is 1. The summed E-state index contributed by atoms with van der Waals surface area (Å²) < 4.78 is 10.7. The van der Waals surface area contributed by atoms with Gasteiger partial charge in [-0.25, -0.2) is 0 Å². The van der Waals surface area contributed by atoms with E-state index < -0.39 is 0 Å². The van der Waals surface area contributed by atoms with Gasteiger partial charge in [-0.3, -0.25) is 0 Å². The van der Waals surface area contributed by atoms with E-state index in [1.807, 2.05) is 42.5 Å². The first-order valence-corrected chi connectivity index (χ1v) is 6.67. The number of nitrogens with one attached hydrogen (secondary N) is 1. The highest BCUT2D eigenvalue weighted by Crippen LogP contribution is 2.31. The Hall–Kier alpha value is -2.36. The molecule has 0 saturated heterocycles. The molecule has 0 radical (unpaired) electrons. The van der Waals surface area contributed by atoms with Crippen molar-refractivity contribution in [1.82, 2.24) is 0 Å². The molecular weight excluding hydrogens is 252 g/mol. The number of nitrogen functional groups attached to an aromatic ring is 1. The van der Waals surface area contributed by atoms with Crippen LogP contribution < -0.4 is 20.5 Å². The molecule has 0 spiro atoms. The van der Waals surface area contributed by atoms with Crippen LogP contribution in [0.15, 0.2) is 42.5 Å². The van der Waals surface area contributed by atoms with Gasteiger partial charge in [0, 0.05) is 5.69 Å². The maximum absolute atomic E-state index is 6.03. The van der Waals surface area contributed by atoms with Crippen LogP contribution in [0.5, 0.6) is 11.5 Å². The summed E-state index contributed by atoms with van der Waals surface area (Å²) in [5.41, 5.74) is 8.40. The summed E-state index contributed by atoms with van der Waals surface area (Å²) >= 11 is 0. The molecule has 3 N–H and O–H groups in total. The number of nitrogens with two attached hydrogens (primary N) is 1. The van der Waals surface area contributed by atoms with E-state index in [2.05, 4.69) is 12.2 Å². The number of hydrogen-bond donors (Lipinski definition) is 2. The Balaban J connectivity index is 2.10. The van der Waals surface area contributed by atoms with Gasteiger partial charge in [0.1, 0.15) is 11.5 Å². The fraction of sp³-hybridized carbons (Fsp3) is 0.250. The second kappa shape index (κ2) is 6.70. The lowest BCUT2D eigenvalue weighted by molar-refractivity contribution is 0.317. The van der Waals surface area contributed by atoms with E-state index >= 15 is 0 Å². The zero-order valence-corrected chi connectivity index (χ0v) is 11.8. The van der Waals surface area contributed by atoms with Crippen LogP contribution in [0.3, 0.4) is 0 Å². The van der Waals surface area contributed by atoms with E-state index in [1.165, 1.54) is 0 Å². The standard InChI is InChI=1S/C16H20N2O2/c1-3-11-20-13-9-7-12(8-10-13)18-14-5-4-6-15(19-2)16(14)17/h4-10,18H,3,11,17H2,1-2H3. The minimum absolute atomic E-state index is 0.598. The molecule has 0 atom stereocenters. The molecule has 106 valence electrons. The summed E-state index contributed by atoms with van der Waals surface area (Å²) in [5.74, 6) is 1.54. The van der Waals surface area contributed by atoms with Crippen molar-refractivity contribution in [1.29, 1.82) is 0 Å². The third-order valence-electron chi connectivity index (χ3n) is 2.89. The van der Waals surface area contributed by atoms with Gasteiger partial charge in [-0.05, 0) is 42.8 Å². The van der Waals surface area contributed by atoms with Gasteiger partial charge in [-0.1, -0.05) is 13.0 Å². The van der Waals surface area contributed by atoms with Gasteiger partial charge in [0.2, 0.25) is 0 Å². The quantitative estimate of drug-likeness (QED) is 0.785. The summed E-state index contributed by atoms with van der Waals surface area (Å²) in [6, 6.07) is 13.5. The number of anilines is 3. The van der Waals surface area contributed by atoms with Crippen molar-refractivity contribution in [3.63, 3.8) is 0 Å². The van der Waals surface area contributed by atoms with Crippen LogP contribution in [0.25, 0.3) is 0 Å². The molecule has 0 fully saturated rings. The van der Waals surface area contributed by atoms with Gasteiger partial charge >= 0.3 is 0 Å². The summed E-state index contributed by atoms with van der Waals surface area (Å²) in [7, 11) is 1.61. The molecule has 2 aromatic carbocycles. The summed E-state index contributed by atoms with van der Waals surface area (Å²) in [6.07, 6.45) is 1.00. The predicted molar refractivity (Wildman–Crippen MR) is 82.9 cm³/mol. The second-order valence-corrected chi connectivity index (χ2v) is 4.42. The molecule has 0 amide bonds. The smallest absolute Gasteiger partial charge is 0.143 e. The average Bonchev–Trinajstić information content (AvgIpc) is 2.48. The first-order valence-electron chi connectivity index (χ1n) is 6.67. The van der Waals surface area contributed by atoms with Gasteiger partial charge in [-0.15, -0.1) is 0 Å². The molecular formula is C16H20N2O2. The van der Waals surface area contributed by atoms with E-state index in [0.29, 0.717) is 11.4 Å². The summed E-state index contributed by atoms with van der Waals surface area (Å²) in [4.78, 5) is 0. The normalized spacial score (nSPS) is 10.1. The van der Waals surface area contributed by atoms with E-state index in [4.69, 9.17) is 15.2 Å². The monoisotopic (exact) mass is 272 g/mol. The van der Waals surface area contributed by atoms with Gasteiger partial charge in [0.05, 0.1) is 25.1 Å². The number of ether oxygens (including phenoxy) is 2. The van der Waals surface area contributed by atoms with E-state index in [-0.39, 0.29) is 0 Å². The van der Waals surface area contributed by atoms with Crippen molar-refractivity contribution >= 4 is 17.1 Å². The minimum atomic E-state index is 0.598. The SMILES string of the molecule is CCCOc1ccc(Nc2cccc(OC)c2N)cc1. The van der Waals surface area contributed by atoms with Crippen LogP contribution in [0.1, 0.15) is 13.3 Å². The fourth-order valence-electron chi connectivity index (χ4n) is 1.84. The number of benzene rings is 2. The summed E-state index contributed by atoms with van der Waals surface area (Å²) in [5, 5.41) is 3.27. The number of para-hydroxylation sites is 1. The number of rotatable bonds is 6. The van der Waals surface area contributed by atoms with Gasteiger partial charge in [-0.2, -0.15) is 0 Å². The van der Waals surface area contributed by atoms with Crippen molar-refractivity contribution in [2.24, 2.45) is 0 Å². The molecule has 0 aliphatic rings. The van der Waals surface area contributed by atoms with E-state index in [0.717, 1.165) is 30.2 Å². The molecule has 0 unspecified atom stereocenters. The molecule has 4 nitrogen and oxygen atoms in total. The largest absolute Gasteiger partial charge is 0.495 e. The molecule has 0 aliphatic carbocycles. The molecule has 2 aromatic rings. The maximum atomic E-state index is 6.03. The minimum Gasteiger partial charge on any atom is -0.495 e. The average molecular weight is 272 g/mol. The van der Waals surface area contributed by atoms with Crippen LogP contribution in [0.2, 0.25) is 0 Å². The number of hydrogen-bond acceptors (Lipinski definition) is 4. The van der Waals surface area contributed by atoms with E-state index in [9.17, 15) is 0 Å². The van der Waals surface area contributed by atoms with Crippen LogP contribution in [0.4, 0.5) is 17.1 Å². The lowest BCUT2D eigenvalue weighted by atomic mass is 10.2. The molecule has 0 aromatic heterocycles. The first-order chi connectivity index (χ1) is 9.74. The highest BCUT2D eigenvalue weighted by molar-refractivity contribution is 5.77.